The van der Waals surface area contributed by atoms with E-state index in [0.29, 0.717) is 29.7 Å². The fraction of sp³-hybridized carbons (Fsp3) is 0.571. The van der Waals surface area contributed by atoms with Gasteiger partial charge in [0.2, 0.25) is 10.0 Å². The van der Waals surface area contributed by atoms with Crippen molar-refractivity contribution in [3.8, 4) is 5.75 Å². The molecule has 2 unspecified atom stereocenters. The molecule has 1 saturated heterocycles. The predicted molar refractivity (Wildman–Crippen MR) is 85.8 cm³/mol. The van der Waals surface area contributed by atoms with Crippen LogP contribution < -0.4 is 10.5 Å². The molecule has 1 fully saturated rings. The summed E-state index contributed by atoms with van der Waals surface area (Å²) in [6, 6.07) is 5.08. The molecule has 0 amide bonds. The number of benzene rings is 1. The maximum Gasteiger partial charge on any atom is 0.246 e. The lowest BCUT2D eigenvalue weighted by atomic mass is 9.92. The van der Waals surface area contributed by atoms with Gasteiger partial charge in [-0.15, -0.1) is 0 Å². The lowest BCUT2D eigenvalue weighted by molar-refractivity contribution is 0.230. The van der Waals surface area contributed by atoms with Crippen molar-refractivity contribution in [3.05, 3.63) is 22.7 Å². The SMILES string of the molecule is CCC1CN(S(=O)(=O)c2cc(Br)ccc2OC)CCC1N. The minimum absolute atomic E-state index is 0.0749. The number of ether oxygens (including phenoxy) is 1. The van der Waals surface area contributed by atoms with Gasteiger partial charge in [0.1, 0.15) is 10.6 Å². The van der Waals surface area contributed by atoms with Crippen molar-refractivity contribution in [1.29, 1.82) is 0 Å². The molecule has 0 bridgehead atoms. The van der Waals surface area contributed by atoms with Crippen LogP contribution in [-0.2, 0) is 10.0 Å². The number of nitrogens with zero attached hydrogens (tertiary/aromatic N) is 1. The van der Waals surface area contributed by atoms with Gasteiger partial charge in [-0.3, -0.25) is 0 Å². The number of methoxy groups -OCH3 is 1. The maximum atomic E-state index is 12.9. The van der Waals surface area contributed by atoms with Crippen molar-refractivity contribution in [2.45, 2.75) is 30.7 Å². The third-order valence-electron chi connectivity index (χ3n) is 4.02. The Kier molecular flexibility index (Phi) is 5.29. The third kappa shape index (κ3) is 3.41. The van der Waals surface area contributed by atoms with Gasteiger partial charge in [0.25, 0.3) is 0 Å². The predicted octanol–water partition coefficient (Wildman–Crippen LogP) is 2.21. The van der Waals surface area contributed by atoms with Crippen molar-refractivity contribution in [2.24, 2.45) is 11.7 Å². The number of halogens is 1. The molecule has 0 radical (unpaired) electrons. The number of sulfonamides is 1. The van der Waals surface area contributed by atoms with Crippen molar-refractivity contribution in [1.82, 2.24) is 4.31 Å². The van der Waals surface area contributed by atoms with E-state index in [1.807, 2.05) is 6.92 Å². The summed E-state index contributed by atoms with van der Waals surface area (Å²) in [6.45, 7) is 2.96. The Balaban J connectivity index is 2.36. The van der Waals surface area contributed by atoms with E-state index in [-0.39, 0.29) is 16.9 Å². The Bertz CT molecular complexity index is 606. The Morgan fingerprint density at radius 1 is 1.48 bits per heavy atom. The summed E-state index contributed by atoms with van der Waals surface area (Å²) in [5, 5.41) is 0. The van der Waals surface area contributed by atoms with Crippen LogP contribution in [0.1, 0.15) is 19.8 Å². The first kappa shape index (κ1) is 16.7. The number of hydrogen-bond acceptors (Lipinski definition) is 4. The van der Waals surface area contributed by atoms with E-state index in [0.717, 1.165) is 6.42 Å². The zero-order valence-electron chi connectivity index (χ0n) is 12.3. The number of piperidine rings is 1. The van der Waals surface area contributed by atoms with Crippen LogP contribution in [0.4, 0.5) is 0 Å². The molecule has 118 valence electrons. The van der Waals surface area contributed by atoms with E-state index in [2.05, 4.69) is 15.9 Å². The molecule has 7 heteroatoms. The molecule has 1 aliphatic heterocycles. The first-order chi connectivity index (χ1) is 9.90. The Morgan fingerprint density at radius 3 is 2.81 bits per heavy atom. The Labute approximate surface area is 134 Å². The number of hydrogen-bond donors (Lipinski definition) is 1. The van der Waals surface area contributed by atoms with Gasteiger partial charge in [0.15, 0.2) is 0 Å². The largest absolute Gasteiger partial charge is 0.495 e. The molecule has 2 atom stereocenters. The van der Waals surface area contributed by atoms with Crippen LogP contribution in [0.5, 0.6) is 5.75 Å². The van der Waals surface area contributed by atoms with Gasteiger partial charge < -0.3 is 10.5 Å². The second-order valence-electron chi connectivity index (χ2n) is 5.28. The van der Waals surface area contributed by atoms with Crippen molar-refractivity contribution in [2.75, 3.05) is 20.2 Å². The quantitative estimate of drug-likeness (QED) is 0.873. The lowest BCUT2D eigenvalue weighted by Crippen LogP contribution is -2.48. The van der Waals surface area contributed by atoms with Crippen LogP contribution in [0, 0.1) is 5.92 Å². The smallest absolute Gasteiger partial charge is 0.246 e. The average molecular weight is 377 g/mol. The fourth-order valence-corrected chi connectivity index (χ4v) is 4.86. The first-order valence-corrected chi connectivity index (χ1v) is 9.22. The lowest BCUT2D eigenvalue weighted by Gasteiger charge is -2.35. The summed E-state index contributed by atoms with van der Waals surface area (Å²) < 4.78 is 33.2. The minimum Gasteiger partial charge on any atom is -0.495 e. The summed E-state index contributed by atoms with van der Waals surface area (Å²) >= 11 is 3.32. The molecule has 2 rings (SSSR count). The van der Waals surface area contributed by atoms with Crippen LogP contribution in [-0.4, -0.2) is 39.0 Å². The van der Waals surface area contributed by atoms with Gasteiger partial charge in [-0.2, -0.15) is 4.31 Å². The van der Waals surface area contributed by atoms with Crippen LogP contribution in [0.2, 0.25) is 0 Å². The number of nitrogens with two attached hydrogens (primary N) is 1. The zero-order valence-corrected chi connectivity index (χ0v) is 14.7. The van der Waals surface area contributed by atoms with E-state index in [1.54, 1.807) is 18.2 Å². The topological polar surface area (TPSA) is 72.6 Å². The molecule has 0 spiro atoms. The highest BCUT2D eigenvalue weighted by molar-refractivity contribution is 9.10. The van der Waals surface area contributed by atoms with Crippen molar-refractivity contribution < 1.29 is 13.2 Å². The first-order valence-electron chi connectivity index (χ1n) is 6.99. The minimum atomic E-state index is -3.57. The maximum absolute atomic E-state index is 12.9. The van der Waals surface area contributed by atoms with Crippen LogP contribution >= 0.6 is 15.9 Å². The highest BCUT2D eigenvalue weighted by Gasteiger charge is 2.34. The van der Waals surface area contributed by atoms with Gasteiger partial charge in [0.05, 0.1) is 7.11 Å². The molecule has 1 aromatic rings. The highest BCUT2D eigenvalue weighted by Crippen LogP contribution is 2.32. The van der Waals surface area contributed by atoms with Gasteiger partial charge in [-0.05, 0) is 30.5 Å². The van der Waals surface area contributed by atoms with Gasteiger partial charge in [-0.1, -0.05) is 29.3 Å². The highest BCUT2D eigenvalue weighted by atomic mass is 79.9. The average Bonchev–Trinajstić information content (AvgIpc) is 2.47. The molecule has 1 aromatic carbocycles. The molecule has 21 heavy (non-hydrogen) atoms. The van der Waals surface area contributed by atoms with Crippen LogP contribution in [0.3, 0.4) is 0 Å². The van der Waals surface area contributed by atoms with E-state index < -0.39 is 10.0 Å². The summed E-state index contributed by atoms with van der Waals surface area (Å²) in [4.78, 5) is 0.199. The van der Waals surface area contributed by atoms with Gasteiger partial charge in [0, 0.05) is 23.6 Å². The summed E-state index contributed by atoms with van der Waals surface area (Å²) in [5.41, 5.74) is 6.06. The van der Waals surface area contributed by atoms with Crippen LogP contribution in [0.15, 0.2) is 27.6 Å². The standard InChI is InChI=1S/C14H21BrN2O3S/c1-3-10-9-17(7-6-12(10)16)21(18,19)14-8-11(15)4-5-13(14)20-2/h4-5,8,10,12H,3,6-7,9,16H2,1-2H3. The fourth-order valence-electron chi connectivity index (χ4n) is 2.66. The van der Waals surface area contributed by atoms with Gasteiger partial charge in [-0.25, -0.2) is 8.42 Å². The van der Waals surface area contributed by atoms with E-state index in [9.17, 15) is 8.42 Å². The normalized spacial score (nSPS) is 24.0. The summed E-state index contributed by atoms with van der Waals surface area (Å²) in [5.74, 6) is 0.563. The van der Waals surface area contributed by atoms with Crippen LogP contribution in [0.25, 0.3) is 0 Å². The second-order valence-corrected chi connectivity index (χ2v) is 8.10. The molecule has 0 aromatic heterocycles. The second kappa shape index (κ2) is 6.64. The molecule has 1 aliphatic rings. The van der Waals surface area contributed by atoms with Crippen molar-refractivity contribution >= 4 is 26.0 Å². The monoisotopic (exact) mass is 376 g/mol. The summed E-state index contributed by atoms with van der Waals surface area (Å²) in [7, 11) is -2.10. The van der Waals surface area contributed by atoms with Gasteiger partial charge >= 0.3 is 0 Å². The molecule has 0 saturated carbocycles. The van der Waals surface area contributed by atoms with E-state index in [4.69, 9.17) is 10.5 Å². The summed E-state index contributed by atoms with van der Waals surface area (Å²) in [6.07, 6.45) is 1.57. The van der Waals surface area contributed by atoms with E-state index >= 15 is 0 Å². The zero-order chi connectivity index (χ0) is 15.6. The Morgan fingerprint density at radius 2 is 2.19 bits per heavy atom. The molecular formula is C14H21BrN2O3S. The molecule has 1 heterocycles. The molecule has 5 nitrogen and oxygen atoms in total. The number of rotatable bonds is 4. The van der Waals surface area contributed by atoms with E-state index in [1.165, 1.54) is 11.4 Å². The van der Waals surface area contributed by atoms with Crippen molar-refractivity contribution in [3.63, 3.8) is 0 Å². The Hall–Kier alpha value is -0.630. The molecule has 0 aliphatic carbocycles. The molecular weight excluding hydrogens is 356 g/mol. The third-order valence-corrected chi connectivity index (χ3v) is 6.40. The molecule has 2 N–H and O–H groups in total.